The largest absolute Gasteiger partial charge is 0.424 e. The molecule has 0 saturated heterocycles. The summed E-state index contributed by atoms with van der Waals surface area (Å²) < 4.78 is 6.05. The molecule has 0 unspecified atom stereocenters. The van der Waals surface area contributed by atoms with Crippen LogP contribution in [0.3, 0.4) is 0 Å². The van der Waals surface area contributed by atoms with Gasteiger partial charge < -0.3 is 15.5 Å². The van der Waals surface area contributed by atoms with Gasteiger partial charge in [0.05, 0.1) is 0 Å². The highest BCUT2D eigenvalue weighted by Gasteiger charge is 2.31. The highest BCUT2D eigenvalue weighted by atomic mass is 32.2. The third-order valence-electron chi connectivity index (χ3n) is 4.17. The first-order chi connectivity index (χ1) is 9.71. The normalized spacial score (nSPS) is 18.2. The Balaban J connectivity index is 1.72. The van der Waals surface area contributed by atoms with Gasteiger partial charge in [0, 0.05) is 17.0 Å². The van der Waals surface area contributed by atoms with E-state index in [1.807, 2.05) is 30.0 Å². The van der Waals surface area contributed by atoms with Crippen LogP contribution >= 0.6 is 11.8 Å². The van der Waals surface area contributed by atoms with Gasteiger partial charge in [-0.05, 0) is 37.3 Å². The number of nitrogens with one attached hydrogen (secondary N) is 1. The Morgan fingerprint density at radius 3 is 2.90 bits per heavy atom. The first-order valence-electron chi connectivity index (χ1n) is 7.16. The molecule has 1 aliphatic rings. The Labute approximate surface area is 123 Å². The first-order valence-corrected chi connectivity index (χ1v) is 8.38. The van der Waals surface area contributed by atoms with E-state index < -0.39 is 0 Å². The van der Waals surface area contributed by atoms with Crippen molar-refractivity contribution in [1.82, 2.24) is 4.98 Å². The van der Waals surface area contributed by atoms with E-state index in [9.17, 15) is 0 Å². The maximum atomic E-state index is 5.76. The summed E-state index contributed by atoms with van der Waals surface area (Å²) in [5.74, 6) is 0. The second-order valence-corrected chi connectivity index (χ2v) is 6.82. The van der Waals surface area contributed by atoms with E-state index in [1.54, 1.807) is 0 Å². The zero-order valence-corrected chi connectivity index (χ0v) is 12.6. The van der Waals surface area contributed by atoms with Gasteiger partial charge >= 0.3 is 0 Å². The molecule has 20 heavy (non-hydrogen) atoms. The summed E-state index contributed by atoms with van der Waals surface area (Å²) in [5.41, 5.74) is 8.07. The molecule has 3 N–H and O–H groups in total. The highest BCUT2D eigenvalue weighted by Crippen LogP contribution is 2.38. The smallest absolute Gasteiger partial charge is 0.295 e. The summed E-state index contributed by atoms with van der Waals surface area (Å²) in [6.07, 6.45) is 8.77. The molecule has 1 aromatic carbocycles. The molecule has 1 heterocycles. The molecule has 4 nitrogen and oxygen atoms in total. The zero-order chi connectivity index (χ0) is 14.0. The number of oxazole rings is 1. The van der Waals surface area contributed by atoms with Gasteiger partial charge in [-0.25, -0.2) is 0 Å². The van der Waals surface area contributed by atoms with E-state index in [0.29, 0.717) is 16.4 Å². The van der Waals surface area contributed by atoms with Crippen LogP contribution in [0.1, 0.15) is 32.1 Å². The Morgan fingerprint density at radius 1 is 1.35 bits per heavy atom. The second kappa shape index (κ2) is 5.56. The Hall–Kier alpha value is -1.36. The van der Waals surface area contributed by atoms with Crippen LogP contribution in [0.25, 0.3) is 11.1 Å². The number of anilines is 2. The summed E-state index contributed by atoms with van der Waals surface area (Å²) in [7, 11) is 0. The van der Waals surface area contributed by atoms with Gasteiger partial charge in [-0.2, -0.15) is 16.7 Å². The van der Waals surface area contributed by atoms with Gasteiger partial charge in [0.2, 0.25) is 0 Å². The zero-order valence-electron chi connectivity index (χ0n) is 11.8. The Bertz CT molecular complexity index is 590. The molecule has 0 atom stereocenters. The third-order valence-corrected chi connectivity index (χ3v) is 5.59. The van der Waals surface area contributed by atoms with Crippen molar-refractivity contribution < 1.29 is 4.42 Å². The average Bonchev–Trinajstić information content (AvgIpc) is 2.88. The van der Waals surface area contributed by atoms with Crippen LogP contribution in [0.5, 0.6) is 0 Å². The van der Waals surface area contributed by atoms with Crippen molar-refractivity contribution in [3.05, 3.63) is 18.2 Å². The summed E-state index contributed by atoms with van der Waals surface area (Å²) in [6, 6.07) is 6.15. The van der Waals surface area contributed by atoms with Crippen LogP contribution in [-0.4, -0.2) is 22.5 Å². The molecule has 1 aliphatic carbocycles. The number of rotatable bonds is 4. The van der Waals surface area contributed by atoms with Gasteiger partial charge in [0.25, 0.3) is 6.01 Å². The minimum absolute atomic E-state index is 0.331. The molecular weight excluding hydrogens is 270 g/mol. The van der Waals surface area contributed by atoms with E-state index in [0.717, 1.165) is 17.6 Å². The van der Waals surface area contributed by atoms with E-state index in [4.69, 9.17) is 10.2 Å². The molecule has 0 aliphatic heterocycles. The van der Waals surface area contributed by atoms with Crippen LogP contribution in [0.15, 0.2) is 22.6 Å². The van der Waals surface area contributed by atoms with Gasteiger partial charge in [-0.3, -0.25) is 0 Å². The van der Waals surface area contributed by atoms with Gasteiger partial charge in [0.15, 0.2) is 5.58 Å². The highest BCUT2D eigenvalue weighted by molar-refractivity contribution is 8.00. The Kier molecular flexibility index (Phi) is 3.78. The molecule has 1 aromatic heterocycles. The van der Waals surface area contributed by atoms with Gasteiger partial charge in [-0.1, -0.05) is 19.3 Å². The molecule has 0 radical (unpaired) electrons. The number of nitrogens with two attached hydrogens (primary N) is 1. The maximum absolute atomic E-state index is 5.76. The van der Waals surface area contributed by atoms with Gasteiger partial charge in [-0.15, -0.1) is 0 Å². The van der Waals surface area contributed by atoms with Crippen molar-refractivity contribution in [3.8, 4) is 0 Å². The molecule has 0 amide bonds. The van der Waals surface area contributed by atoms with Crippen molar-refractivity contribution in [1.29, 1.82) is 0 Å². The standard InChI is InChI=1S/C15H21N3OS/c1-20-15(7-3-2-4-8-15)10-17-14-18-12-9-11(16)5-6-13(12)19-14/h5-6,9H,2-4,7-8,10,16H2,1H3,(H,17,18). The van der Waals surface area contributed by atoms with Crippen LogP contribution in [0.2, 0.25) is 0 Å². The number of nitrogen functional groups attached to an aromatic ring is 1. The molecule has 1 saturated carbocycles. The fraction of sp³-hybridized carbons (Fsp3) is 0.533. The maximum Gasteiger partial charge on any atom is 0.295 e. The minimum Gasteiger partial charge on any atom is -0.424 e. The second-order valence-electron chi connectivity index (χ2n) is 5.55. The predicted octanol–water partition coefficient (Wildman–Crippen LogP) is 3.89. The molecule has 2 aromatic rings. The molecule has 3 rings (SSSR count). The molecule has 0 spiro atoms. The lowest BCUT2D eigenvalue weighted by Crippen LogP contribution is -2.35. The van der Waals surface area contributed by atoms with E-state index in [-0.39, 0.29) is 0 Å². The van der Waals surface area contributed by atoms with Crippen LogP contribution in [-0.2, 0) is 0 Å². The van der Waals surface area contributed by atoms with Crippen LogP contribution in [0, 0.1) is 0 Å². The number of benzene rings is 1. The Morgan fingerprint density at radius 2 is 2.15 bits per heavy atom. The quantitative estimate of drug-likeness (QED) is 0.837. The fourth-order valence-corrected chi connectivity index (χ4v) is 3.82. The minimum atomic E-state index is 0.331. The van der Waals surface area contributed by atoms with E-state index in [1.165, 1.54) is 32.1 Å². The first kappa shape index (κ1) is 13.6. The number of fused-ring (bicyclic) bond motifs is 1. The number of thioether (sulfide) groups is 1. The summed E-state index contributed by atoms with van der Waals surface area (Å²) in [5, 5.41) is 3.38. The lowest BCUT2D eigenvalue weighted by atomic mass is 9.88. The molecular formula is C15H21N3OS. The summed E-state index contributed by atoms with van der Waals surface area (Å²) in [6.45, 7) is 0.913. The van der Waals surface area contributed by atoms with Gasteiger partial charge in [0.1, 0.15) is 5.52 Å². The molecule has 0 bridgehead atoms. The average molecular weight is 291 g/mol. The lowest BCUT2D eigenvalue weighted by molar-refractivity contribution is 0.408. The van der Waals surface area contributed by atoms with Crippen LogP contribution in [0.4, 0.5) is 11.7 Å². The van der Waals surface area contributed by atoms with Crippen molar-refractivity contribution in [3.63, 3.8) is 0 Å². The third kappa shape index (κ3) is 2.73. The number of aromatic nitrogens is 1. The number of nitrogens with zero attached hydrogens (tertiary/aromatic N) is 1. The van der Waals surface area contributed by atoms with Crippen molar-refractivity contribution in [2.45, 2.75) is 36.9 Å². The number of hydrogen-bond donors (Lipinski definition) is 2. The van der Waals surface area contributed by atoms with E-state index in [2.05, 4.69) is 16.6 Å². The fourth-order valence-electron chi connectivity index (χ4n) is 2.91. The summed E-state index contributed by atoms with van der Waals surface area (Å²) >= 11 is 1.97. The van der Waals surface area contributed by atoms with E-state index >= 15 is 0 Å². The number of hydrogen-bond acceptors (Lipinski definition) is 5. The molecule has 5 heteroatoms. The SMILES string of the molecule is CSC1(CNc2nc3cc(N)ccc3o2)CCCCC1. The lowest BCUT2D eigenvalue weighted by Gasteiger charge is -2.35. The van der Waals surface area contributed by atoms with Crippen LogP contribution < -0.4 is 11.1 Å². The monoisotopic (exact) mass is 291 g/mol. The molecule has 1 fully saturated rings. The molecule has 108 valence electrons. The predicted molar refractivity (Wildman–Crippen MR) is 86.2 cm³/mol. The summed E-state index contributed by atoms with van der Waals surface area (Å²) in [4.78, 5) is 4.46. The van der Waals surface area contributed by atoms with Crippen molar-refractivity contribution in [2.75, 3.05) is 23.9 Å². The topological polar surface area (TPSA) is 64.1 Å². The van der Waals surface area contributed by atoms with Crippen molar-refractivity contribution in [2.24, 2.45) is 0 Å². The van der Waals surface area contributed by atoms with Crippen molar-refractivity contribution >= 4 is 34.6 Å².